The number of hydrogen-bond donors (Lipinski definition) is 1. The average Bonchev–Trinajstić information content (AvgIpc) is 3.02. The predicted octanol–water partition coefficient (Wildman–Crippen LogP) is 6.23. The van der Waals surface area contributed by atoms with Crippen LogP contribution in [0.1, 0.15) is 53.5 Å². The summed E-state index contributed by atoms with van der Waals surface area (Å²) in [5.41, 5.74) is 4.00. The summed E-state index contributed by atoms with van der Waals surface area (Å²) in [6.07, 6.45) is 1.25. The second kappa shape index (κ2) is 16.8. The largest absolute Gasteiger partial charge is 0.315 e. The van der Waals surface area contributed by atoms with Crippen LogP contribution in [0.15, 0.2) is 54.6 Å². The van der Waals surface area contributed by atoms with Crippen molar-refractivity contribution in [2.45, 2.75) is 54.5 Å². The zero-order valence-electron chi connectivity index (χ0n) is 17.9. The Hall–Kier alpha value is -1.64. The second-order valence-corrected chi connectivity index (χ2v) is 5.44. The molecule has 0 amide bonds. The number of hydrogen-bond acceptors (Lipinski definition) is 2. The van der Waals surface area contributed by atoms with Crippen molar-refractivity contribution in [2.24, 2.45) is 0 Å². The zero-order valence-corrected chi connectivity index (χ0v) is 17.9. The molecule has 2 heteroatoms. The fraction of sp³-hybridized carbons (Fsp3) is 0.500. The second-order valence-electron chi connectivity index (χ2n) is 5.44. The third kappa shape index (κ3) is 9.17. The maximum atomic E-state index is 3.45. The molecule has 26 heavy (non-hydrogen) atoms. The van der Waals surface area contributed by atoms with Gasteiger partial charge in [0.25, 0.3) is 0 Å². The van der Waals surface area contributed by atoms with Gasteiger partial charge in [-0.3, -0.25) is 4.90 Å². The zero-order chi connectivity index (χ0) is 19.6. The Morgan fingerprint density at radius 2 is 1.27 bits per heavy atom. The molecule has 1 saturated heterocycles. The molecule has 0 saturated carbocycles. The Balaban J connectivity index is 0.000000948. The first-order valence-corrected chi connectivity index (χ1v) is 10.5. The van der Waals surface area contributed by atoms with Gasteiger partial charge in [0.15, 0.2) is 0 Å². The van der Waals surface area contributed by atoms with E-state index in [9.17, 15) is 0 Å². The predicted molar refractivity (Wildman–Crippen MR) is 119 cm³/mol. The summed E-state index contributed by atoms with van der Waals surface area (Å²) in [6, 6.07) is 19.6. The minimum atomic E-state index is 1.07. The lowest BCUT2D eigenvalue weighted by Crippen LogP contribution is -2.27. The summed E-state index contributed by atoms with van der Waals surface area (Å²) < 4.78 is 0. The van der Waals surface area contributed by atoms with Crippen molar-refractivity contribution in [3.05, 3.63) is 60.2 Å². The Morgan fingerprint density at radius 1 is 0.692 bits per heavy atom. The minimum absolute atomic E-state index is 1.07. The smallest absolute Gasteiger partial charge is 0.0234 e. The van der Waals surface area contributed by atoms with Gasteiger partial charge in [0, 0.05) is 19.6 Å². The third-order valence-electron chi connectivity index (χ3n) is 3.90. The summed E-state index contributed by atoms with van der Waals surface area (Å²) in [7, 11) is 0. The van der Waals surface area contributed by atoms with Crippen LogP contribution in [0, 0.1) is 0 Å². The monoisotopic (exact) mass is 356 g/mol. The highest BCUT2D eigenvalue weighted by Gasteiger charge is 2.08. The van der Waals surface area contributed by atoms with Crippen molar-refractivity contribution in [3.8, 4) is 11.1 Å². The lowest BCUT2D eigenvalue weighted by molar-refractivity contribution is 0.284. The summed E-state index contributed by atoms with van der Waals surface area (Å²) in [5.74, 6) is 0. The molecule has 1 N–H and O–H groups in total. The Kier molecular flexibility index (Phi) is 15.7. The molecule has 1 fully saturated rings. The fourth-order valence-electron chi connectivity index (χ4n) is 2.75. The molecule has 0 atom stereocenters. The normalized spacial score (nSPS) is 13.6. The van der Waals surface area contributed by atoms with Gasteiger partial charge in [-0.1, -0.05) is 96.1 Å². The van der Waals surface area contributed by atoms with E-state index in [1.165, 1.54) is 29.7 Å². The van der Waals surface area contributed by atoms with Crippen LogP contribution in [0.3, 0.4) is 0 Å². The summed E-state index contributed by atoms with van der Waals surface area (Å²) in [6.45, 7) is 17.7. The first-order chi connectivity index (χ1) is 12.9. The van der Waals surface area contributed by atoms with Gasteiger partial charge in [0.1, 0.15) is 0 Å². The quantitative estimate of drug-likeness (QED) is 0.701. The summed E-state index contributed by atoms with van der Waals surface area (Å²) in [4.78, 5) is 2.54. The van der Waals surface area contributed by atoms with Crippen LogP contribution < -0.4 is 5.32 Å². The van der Waals surface area contributed by atoms with Gasteiger partial charge in [-0.05, 0) is 36.2 Å². The molecule has 3 rings (SSSR count). The van der Waals surface area contributed by atoms with E-state index in [0.717, 1.165) is 26.2 Å². The topological polar surface area (TPSA) is 15.3 Å². The number of benzene rings is 2. The van der Waals surface area contributed by atoms with Gasteiger partial charge < -0.3 is 5.32 Å². The molecule has 2 aromatic rings. The maximum absolute atomic E-state index is 3.45. The van der Waals surface area contributed by atoms with E-state index in [0.29, 0.717) is 0 Å². The molecule has 146 valence electrons. The summed E-state index contributed by atoms with van der Waals surface area (Å²) in [5, 5.41) is 3.45. The van der Waals surface area contributed by atoms with Gasteiger partial charge in [0.05, 0.1) is 0 Å². The molecule has 0 aliphatic carbocycles. The molecular formula is C24H40N2. The minimum Gasteiger partial charge on any atom is -0.315 e. The molecule has 0 radical (unpaired) electrons. The van der Waals surface area contributed by atoms with Gasteiger partial charge in [-0.15, -0.1) is 0 Å². The van der Waals surface area contributed by atoms with Crippen molar-refractivity contribution in [2.75, 3.05) is 26.2 Å². The molecule has 2 aromatic carbocycles. The molecule has 1 heterocycles. The standard InChI is InChI=1S/C18H22N2.3C2H6/c1-2-5-17(6-3-1)18-9-7-16(8-10-18)15-20-13-4-11-19-12-14-20;3*1-2/h1-3,5-10,19H,4,11-15H2;3*1-2H3. The fourth-order valence-corrected chi connectivity index (χ4v) is 2.75. The van der Waals surface area contributed by atoms with E-state index < -0.39 is 0 Å². The molecule has 2 nitrogen and oxygen atoms in total. The molecule has 0 spiro atoms. The van der Waals surface area contributed by atoms with Crippen LogP contribution in [0.4, 0.5) is 0 Å². The van der Waals surface area contributed by atoms with Crippen molar-refractivity contribution in [3.63, 3.8) is 0 Å². The number of nitrogens with zero attached hydrogens (tertiary/aromatic N) is 1. The van der Waals surface area contributed by atoms with Crippen LogP contribution in [-0.4, -0.2) is 31.1 Å². The Morgan fingerprint density at radius 3 is 1.88 bits per heavy atom. The van der Waals surface area contributed by atoms with E-state index in [1.54, 1.807) is 0 Å². The maximum Gasteiger partial charge on any atom is 0.0234 e. The first kappa shape index (κ1) is 24.4. The molecule has 0 bridgehead atoms. The lowest BCUT2D eigenvalue weighted by atomic mass is 10.0. The van der Waals surface area contributed by atoms with Crippen LogP contribution in [-0.2, 0) is 6.54 Å². The highest BCUT2D eigenvalue weighted by Crippen LogP contribution is 2.19. The summed E-state index contributed by atoms with van der Waals surface area (Å²) >= 11 is 0. The Bertz CT molecular complexity index is 512. The van der Waals surface area contributed by atoms with Crippen molar-refractivity contribution < 1.29 is 0 Å². The van der Waals surface area contributed by atoms with Crippen molar-refractivity contribution >= 4 is 0 Å². The van der Waals surface area contributed by atoms with Crippen LogP contribution in [0.5, 0.6) is 0 Å². The van der Waals surface area contributed by atoms with E-state index >= 15 is 0 Å². The number of nitrogens with one attached hydrogen (secondary N) is 1. The lowest BCUT2D eigenvalue weighted by Gasteiger charge is -2.19. The molecule has 0 aromatic heterocycles. The third-order valence-corrected chi connectivity index (χ3v) is 3.90. The van der Waals surface area contributed by atoms with Crippen molar-refractivity contribution in [1.29, 1.82) is 0 Å². The van der Waals surface area contributed by atoms with Crippen LogP contribution >= 0.6 is 0 Å². The highest BCUT2D eigenvalue weighted by molar-refractivity contribution is 5.63. The van der Waals surface area contributed by atoms with Gasteiger partial charge in [0.2, 0.25) is 0 Å². The highest BCUT2D eigenvalue weighted by atomic mass is 15.1. The van der Waals surface area contributed by atoms with Gasteiger partial charge >= 0.3 is 0 Å². The SMILES string of the molecule is CC.CC.CC.c1ccc(-c2ccc(CN3CCCNCC3)cc2)cc1. The number of rotatable bonds is 3. The van der Waals surface area contributed by atoms with Crippen LogP contribution in [0.2, 0.25) is 0 Å². The molecule has 0 unspecified atom stereocenters. The molecule has 1 aliphatic rings. The van der Waals surface area contributed by atoms with E-state index in [1.807, 2.05) is 41.5 Å². The molecule has 1 aliphatic heterocycles. The molecular weight excluding hydrogens is 316 g/mol. The van der Waals surface area contributed by atoms with Crippen LogP contribution in [0.25, 0.3) is 11.1 Å². The van der Waals surface area contributed by atoms with E-state index in [4.69, 9.17) is 0 Å². The van der Waals surface area contributed by atoms with Gasteiger partial charge in [-0.25, -0.2) is 0 Å². The first-order valence-electron chi connectivity index (χ1n) is 10.5. The van der Waals surface area contributed by atoms with E-state index in [-0.39, 0.29) is 0 Å². The van der Waals surface area contributed by atoms with E-state index in [2.05, 4.69) is 64.8 Å². The van der Waals surface area contributed by atoms with Gasteiger partial charge in [-0.2, -0.15) is 0 Å². The Labute approximate surface area is 162 Å². The average molecular weight is 357 g/mol. The van der Waals surface area contributed by atoms with Crippen molar-refractivity contribution in [1.82, 2.24) is 10.2 Å².